The maximum absolute atomic E-state index is 13.2. The lowest BCUT2D eigenvalue weighted by molar-refractivity contribution is -0.141. The Hall–Kier alpha value is -2.70. The lowest BCUT2D eigenvalue weighted by atomic mass is 9.93. The number of amides is 1. The van der Waals surface area contributed by atoms with Gasteiger partial charge in [0.25, 0.3) is 0 Å². The molecule has 3 aromatic rings. The molecule has 2 fully saturated rings. The molecule has 5 rings (SSSR count). The molecule has 0 radical (unpaired) electrons. The summed E-state index contributed by atoms with van der Waals surface area (Å²) < 4.78 is 15.4. The first-order valence-electron chi connectivity index (χ1n) is 9.80. The summed E-state index contributed by atoms with van der Waals surface area (Å²) in [6, 6.07) is 16.9. The number of rotatable bonds is 4. The summed E-state index contributed by atoms with van der Waals surface area (Å²) in [6.45, 7) is 1.57. The summed E-state index contributed by atoms with van der Waals surface area (Å²) >= 11 is 0. The van der Waals surface area contributed by atoms with E-state index in [2.05, 4.69) is 39.8 Å². The van der Waals surface area contributed by atoms with Crippen molar-refractivity contribution in [1.29, 1.82) is 0 Å². The average molecular weight is 378 g/mol. The Bertz CT molecular complexity index is 999. The number of likely N-dealkylation sites (tertiary alicyclic amines) is 1. The minimum atomic E-state index is -0.247. The third-order valence-electron chi connectivity index (χ3n) is 5.93. The quantitative estimate of drug-likeness (QED) is 0.734. The molecule has 2 aromatic carbocycles. The molecule has 3 unspecified atom stereocenters. The molecule has 3 atom stereocenters. The van der Waals surface area contributed by atoms with Crippen molar-refractivity contribution in [2.24, 2.45) is 0 Å². The topological polar surface area (TPSA) is 49.3 Å². The van der Waals surface area contributed by atoms with Gasteiger partial charge in [0.05, 0.1) is 6.04 Å². The molecule has 144 valence electrons. The van der Waals surface area contributed by atoms with E-state index in [1.165, 1.54) is 23.0 Å². The van der Waals surface area contributed by atoms with E-state index < -0.39 is 0 Å². The van der Waals surface area contributed by atoms with E-state index in [9.17, 15) is 9.18 Å². The number of aromatic nitrogens is 1. The highest BCUT2D eigenvalue weighted by atomic mass is 19.1. The summed E-state index contributed by atoms with van der Waals surface area (Å²) in [5.74, 6) is -0.129. The summed E-state index contributed by atoms with van der Waals surface area (Å²) in [5.41, 5.74) is 8.68. The van der Waals surface area contributed by atoms with Gasteiger partial charge in [0.1, 0.15) is 11.9 Å². The molecular formula is C22H23FN4O. The van der Waals surface area contributed by atoms with Crippen molar-refractivity contribution >= 4 is 16.8 Å². The van der Waals surface area contributed by atoms with E-state index in [0.29, 0.717) is 0 Å². The first-order chi connectivity index (χ1) is 13.7. The lowest BCUT2D eigenvalue weighted by Gasteiger charge is -2.42. The van der Waals surface area contributed by atoms with Crippen molar-refractivity contribution in [3.63, 3.8) is 0 Å². The Morgan fingerprint density at radius 3 is 2.68 bits per heavy atom. The maximum atomic E-state index is 13.2. The zero-order valence-corrected chi connectivity index (χ0v) is 15.5. The van der Waals surface area contributed by atoms with Gasteiger partial charge >= 0.3 is 0 Å². The second kappa shape index (κ2) is 7.04. The van der Waals surface area contributed by atoms with Crippen molar-refractivity contribution in [2.75, 3.05) is 6.54 Å². The molecule has 2 aliphatic rings. The third kappa shape index (κ3) is 3.08. The second-order valence-electron chi connectivity index (χ2n) is 7.69. The molecule has 6 heteroatoms. The fourth-order valence-corrected chi connectivity index (χ4v) is 4.32. The molecule has 3 heterocycles. The Labute approximate surface area is 163 Å². The van der Waals surface area contributed by atoms with Crippen LogP contribution in [-0.4, -0.2) is 34.0 Å². The minimum Gasteiger partial charge on any atom is -0.346 e. The number of hydrogen-bond acceptors (Lipinski definition) is 3. The smallest absolute Gasteiger partial charge is 0.241 e. The fourth-order valence-electron chi connectivity index (χ4n) is 4.32. The van der Waals surface area contributed by atoms with Crippen molar-refractivity contribution < 1.29 is 9.18 Å². The van der Waals surface area contributed by atoms with Gasteiger partial charge in [-0.15, -0.1) is 0 Å². The highest BCUT2D eigenvalue weighted by Crippen LogP contribution is 2.34. The van der Waals surface area contributed by atoms with Gasteiger partial charge in [-0.3, -0.25) is 10.2 Å². The molecule has 0 saturated carbocycles. The number of nitrogens with one attached hydrogen (secondary N) is 2. The molecule has 2 N–H and O–H groups in total. The zero-order chi connectivity index (χ0) is 19.1. The van der Waals surface area contributed by atoms with Gasteiger partial charge in [-0.05, 0) is 48.1 Å². The van der Waals surface area contributed by atoms with Gasteiger partial charge in [0.15, 0.2) is 0 Å². The lowest BCUT2D eigenvalue weighted by Crippen LogP contribution is -2.52. The van der Waals surface area contributed by atoms with E-state index in [4.69, 9.17) is 0 Å². The number of nitrogens with zero attached hydrogens (tertiary/aromatic N) is 2. The van der Waals surface area contributed by atoms with Crippen molar-refractivity contribution in [1.82, 2.24) is 20.3 Å². The van der Waals surface area contributed by atoms with Gasteiger partial charge in [0, 0.05) is 30.8 Å². The molecule has 1 aromatic heterocycles. The van der Waals surface area contributed by atoms with E-state index in [0.717, 1.165) is 31.5 Å². The number of para-hydroxylation sites is 1. The Morgan fingerprint density at radius 1 is 1.07 bits per heavy atom. The van der Waals surface area contributed by atoms with Gasteiger partial charge in [-0.25, -0.2) is 9.82 Å². The van der Waals surface area contributed by atoms with E-state index in [1.807, 2.05) is 17.0 Å². The van der Waals surface area contributed by atoms with Gasteiger partial charge in [0.2, 0.25) is 5.91 Å². The Morgan fingerprint density at radius 2 is 1.89 bits per heavy atom. The van der Waals surface area contributed by atoms with Gasteiger partial charge in [-0.1, -0.05) is 30.3 Å². The molecule has 2 saturated heterocycles. The molecule has 0 spiro atoms. The van der Waals surface area contributed by atoms with Gasteiger partial charge in [-0.2, -0.15) is 0 Å². The standard InChI is InChI=1S/C22H23FN4O/c23-17-7-5-16(6-8-17)21-10-12-27(21)22(28)19-13-18(24-25-19)14-26-11-9-15-3-1-2-4-20(15)26/h1-9,11,18-19,21,24-25H,10,12-14H2. The SMILES string of the molecule is O=C(C1CC(Cn2ccc3ccccc32)NN1)N1CCC1c1ccc(F)cc1. The highest BCUT2D eigenvalue weighted by Gasteiger charge is 2.39. The summed E-state index contributed by atoms with van der Waals surface area (Å²) in [6.07, 6.45) is 3.77. The van der Waals surface area contributed by atoms with Crippen LogP contribution >= 0.6 is 0 Å². The van der Waals surface area contributed by atoms with E-state index >= 15 is 0 Å². The van der Waals surface area contributed by atoms with Crippen molar-refractivity contribution in [3.05, 3.63) is 72.2 Å². The van der Waals surface area contributed by atoms with E-state index in [-0.39, 0.29) is 29.8 Å². The monoisotopic (exact) mass is 378 g/mol. The largest absolute Gasteiger partial charge is 0.346 e. The molecule has 0 aliphatic carbocycles. The van der Waals surface area contributed by atoms with Crippen LogP contribution < -0.4 is 10.9 Å². The number of fused-ring (bicyclic) bond motifs is 1. The number of halogens is 1. The second-order valence-corrected chi connectivity index (χ2v) is 7.69. The van der Waals surface area contributed by atoms with Crippen molar-refractivity contribution in [2.45, 2.75) is 37.5 Å². The fraction of sp³-hybridized carbons (Fsp3) is 0.318. The summed E-state index contributed by atoms with van der Waals surface area (Å²) in [4.78, 5) is 14.9. The number of carbonyl (C=O) groups is 1. The highest BCUT2D eigenvalue weighted by molar-refractivity contribution is 5.83. The van der Waals surface area contributed by atoms with Crippen LogP contribution in [0, 0.1) is 5.82 Å². The first-order valence-corrected chi connectivity index (χ1v) is 9.80. The zero-order valence-electron chi connectivity index (χ0n) is 15.5. The number of benzene rings is 2. The molecule has 2 aliphatic heterocycles. The molecule has 0 bridgehead atoms. The predicted molar refractivity (Wildman–Crippen MR) is 106 cm³/mol. The van der Waals surface area contributed by atoms with Gasteiger partial charge < -0.3 is 9.47 Å². The first kappa shape index (κ1) is 17.4. The average Bonchev–Trinajstić information content (AvgIpc) is 3.31. The third-order valence-corrected chi connectivity index (χ3v) is 5.93. The summed E-state index contributed by atoms with van der Waals surface area (Å²) in [5, 5.41) is 1.23. The van der Waals surface area contributed by atoms with Crippen LogP contribution in [0.5, 0.6) is 0 Å². The van der Waals surface area contributed by atoms with Crippen LogP contribution in [0.15, 0.2) is 60.8 Å². The minimum absolute atomic E-state index is 0.0577. The van der Waals surface area contributed by atoms with Crippen LogP contribution in [-0.2, 0) is 11.3 Å². The Kier molecular flexibility index (Phi) is 4.37. The van der Waals surface area contributed by atoms with Crippen LogP contribution in [0.4, 0.5) is 4.39 Å². The predicted octanol–water partition coefficient (Wildman–Crippen LogP) is 2.99. The molecule has 28 heavy (non-hydrogen) atoms. The Balaban J connectivity index is 1.23. The van der Waals surface area contributed by atoms with Crippen molar-refractivity contribution in [3.8, 4) is 0 Å². The maximum Gasteiger partial charge on any atom is 0.241 e. The van der Waals surface area contributed by atoms with Crippen LogP contribution in [0.2, 0.25) is 0 Å². The molecular weight excluding hydrogens is 355 g/mol. The number of hydrazine groups is 1. The number of hydrogen-bond donors (Lipinski definition) is 2. The number of carbonyl (C=O) groups excluding carboxylic acids is 1. The molecule has 5 nitrogen and oxygen atoms in total. The normalized spacial score (nSPS) is 24.5. The molecule has 1 amide bonds. The van der Waals surface area contributed by atoms with Crippen LogP contribution in [0.3, 0.4) is 0 Å². The van der Waals surface area contributed by atoms with E-state index in [1.54, 1.807) is 12.1 Å². The van der Waals surface area contributed by atoms with Crippen LogP contribution in [0.1, 0.15) is 24.4 Å². The summed E-state index contributed by atoms with van der Waals surface area (Å²) in [7, 11) is 0. The van der Waals surface area contributed by atoms with Crippen LogP contribution in [0.25, 0.3) is 10.9 Å².